The van der Waals surface area contributed by atoms with Crippen molar-refractivity contribution < 1.29 is 4.79 Å². The van der Waals surface area contributed by atoms with Crippen LogP contribution in [0.25, 0.3) is 0 Å². The molecule has 0 amide bonds. The molecule has 24 heavy (non-hydrogen) atoms. The van der Waals surface area contributed by atoms with Gasteiger partial charge >= 0.3 is 0 Å². The summed E-state index contributed by atoms with van der Waals surface area (Å²) in [5.41, 5.74) is 5.70. The lowest BCUT2D eigenvalue weighted by Crippen LogP contribution is -2.22. The van der Waals surface area contributed by atoms with E-state index in [-0.39, 0.29) is 17.7 Å². The fourth-order valence-corrected chi connectivity index (χ4v) is 3.86. The van der Waals surface area contributed by atoms with Gasteiger partial charge in [0.05, 0.1) is 5.69 Å². The number of nitrogens with zero attached hydrogens (tertiary/aromatic N) is 2. The third-order valence-electron chi connectivity index (χ3n) is 4.94. The summed E-state index contributed by atoms with van der Waals surface area (Å²) in [6.07, 6.45) is 0. The average molecular weight is 310 g/mol. The number of carbonyl (C=O) groups excluding carboxylic acids is 1. The Morgan fingerprint density at radius 2 is 1.21 bits per heavy atom. The van der Waals surface area contributed by atoms with Crippen LogP contribution in [0.5, 0.6) is 0 Å². The summed E-state index contributed by atoms with van der Waals surface area (Å²) >= 11 is 0. The van der Waals surface area contributed by atoms with Crippen molar-refractivity contribution in [1.82, 2.24) is 0 Å². The molecule has 0 spiro atoms. The number of carbonyl (C=O) groups is 1. The Hall–Kier alpha value is -3.07. The molecule has 5 rings (SSSR count). The van der Waals surface area contributed by atoms with Crippen LogP contribution in [0.1, 0.15) is 44.6 Å². The molecule has 0 saturated carbocycles. The number of fused-ring (bicyclic) bond motifs is 3. The van der Waals surface area contributed by atoms with E-state index >= 15 is 0 Å². The van der Waals surface area contributed by atoms with Crippen molar-refractivity contribution in [3.8, 4) is 0 Å². The van der Waals surface area contributed by atoms with E-state index in [1.807, 2.05) is 66.7 Å². The zero-order chi connectivity index (χ0) is 16.1. The maximum atomic E-state index is 12.9. The van der Waals surface area contributed by atoms with Gasteiger partial charge in [0.25, 0.3) is 0 Å². The molecule has 114 valence electrons. The first-order chi connectivity index (χ1) is 11.8. The van der Waals surface area contributed by atoms with E-state index in [9.17, 15) is 4.79 Å². The summed E-state index contributed by atoms with van der Waals surface area (Å²) < 4.78 is 0. The van der Waals surface area contributed by atoms with Crippen LogP contribution in [0, 0.1) is 0 Å². The van der Waals surface area contributed by atoms with Gasteiger partial charge in [0.15, 0.2) is 5.78 Å². The van der Waals surface area contributed by atoms with Gasteiger partial charge < -0.3 is 0 Å². The molecule has 1 aliphatic heterocycles. The SMILES string of the molecule is O=C1c2ccccc2C(C2N=Nc3ccccc32)c2ccccc21. The molecule has 1 heterocycles. The van der Waals surface area contributed by atoms with E-state index < -0.39 is 0 Å². The minimum Gasteiger partial charge on any atom is -0.289 e. The fourth-order valence-electron chi connectivity index (χ4n) is 3.86. The largest absolute Gasteiger partial charge is 0.289 e. The third kappa shape index (κ3) is 1.75. The van der Waals surface area contributed by atoms with Gasteiger partial charge in [0.2, 0.25) is 0 Å². The first-order valence-electron chi connectivity index (χ1n) is 8.07. The van der Waals surface area contributed by atoms with E-state index in [0.717, 1.165) is 33.5 Å². The molecule has 3 nitrogen and oxygen atoms in total. The Kier molecular flexibility index (Phi) is 2.77. The quantitative estimate of drug-likeness (QED) is 0.609. The van der Waals surface area contributed by atoms with Crippen LogP contribution >= 0.6 is 0 Å². The van der Waals surface area contributed by atoms with Crippen molar-refractivity contribution >= 4 is 11.5 Å². The highest BCUT2D eigenvalue weighted by molar-refractivity contribution is 6.12. The third-order valence-corrected chi connectivity index (χ3v) is 4.94. The summed E-state index contributed by atoms with van der Waals surface area (Å²) in [7, 11) is 0. The molecular weight excluding hydrogens is 296 g/mol. The van der Waals surface area contributed by atoms with Crippen molar-refractivity contribution in [2.75, 3.05) is 0 Å². The van der Waals surface area contributed by atoms with Crippen LogP contribution in [0.4, 0.5) is 5.69 Å². The molecule has 0 saturated heterocycles. The smallest absolute Gasteiger partial charge is 0.193 e. The Bertz CT molecular complexity index is 956. The van der Waals surface area contributed by atoms with E-state index in [2.05, 4.69) is 16.3 Å². The molecule has 0 N–H and O–H groups in total. The molecule has 0 fully saturated rings. The van der Waals surface area contributed by atoms with Crippen LogP contribution in [0.2, 0.25) is 0 Å². The lowest BCUT2D eigenvalue weighted by Gasteiger charge is -2.30. The second kappa shape index (κ2) is 4.96. The van der Waals surface area contributed by atoms with Gasteiger partial charge in [-0.15, -0.1) is 0 Å². The molecule has 0 bridgehead atoms. The highest BCUT2D eigenvalue weighted by Crippen LogP contribution is 2.50. The first kappa shape index (κ1) is 13.4. The Morgan fingerprint density at radius 1 is 0.667 bits per heavy atom. The second-order valence-corrected chi connectivity index (χ2v) is 6.20. The summed E-state index contributed by atoms with van der Waals surface area (Å²) in [5.74, 6) is 0.114. The van der Waals surface area contributed by atoms with Crippen molar-refractivity contribution in [3.63, 3.8) is 0 Å². The van der Waals surface area contributed by atoms with Crippen molar-refractivity contribution in [3.05, 3.63) is 101 Å². The standard InChI is InChI=1S/C21H14N2O/c24-21-15-9-3-1-7-13(15)19(14-8-2-4-10-16(14)21)20-17-11-5-6-12-18(17)22-23-20/h1-12,19-20H. The van der Waals surface area contributed by atoms with Crippen LogP contribution in [-0.2, 0) is 0 Å². The highest BCUT2D eigenvalue weighted by Gasteiger charge is 2.38. The van der Waals surface area contributed by atoms with Crippen molar-refractivity contribution in [2.24, 2.45) is 10.2 Å². The van der Waals surface area contributed by atoms with Crippen LogP contribution in [0.3, 0.4) is 0 Å². The molecule has 1 unspecified atom stereocenters. The molecule has 1 atom stereocenters. The van der Waals surface area contributed by atoms with Crippen LogP contribution in [0.15, 0.2) is 83.0 Å². The molecule has 1 aliphatic carbocycles. The van der Waals surface area contributed by atoms with Gasteiger partial charge in [-0.2, -0.15) is 10.2 Å². The number of azo groups is 1. The first-order valence-corrected chi connectivity index (χ1v) is 8.07. The van der Waals surface area contributed by atoms with Crippen molar-refractivity contribution in [2.45, 2.75) is 12.0 Å². The van der Waals surface area contributed by atoms with Crippen LogP contribution < -0.4 is 0 Å². The number of hydrogen-bond donors (Lipinski definition) is 0. The van der Waals surface area contributed by atoms with E-state index in [1.165, 1.54) is 0 Å². The van der Waals surface area contributed by atoms with Gasteiger partial charge in [0.1, 0.15) is 6.04 Å². The zero-order valence-electron chi connectivity index (χ0n) is 12.9. The normalized spacial score (nSPS) is 18.2. The average Bonchev–Trinajstić information content (AvgIpc) is 3.06. The topological polar surface area (TPSA) is 41.8 Å². The molecule has 0 aromatic heterocycles. The van der Waals surface area contributed by atoms with E-state index in [0.29, 0.717) is 0 Å². The second-order valence-electron chi connectivity index (χ2n) is 6.20. The van der Waals surface area contributed by atoms with Crippen LogP contribution in [-0.4, -0.2) is 5.78 Å². The number of hydrogen-bond acceptors (Lipinski definition) is 3. The molecule has 3 aromatic carbocycles. The maximum Gasteiger partial charge on any atom is 0.193 e. The Morgan fingerprint density at radius 3 is 1.88 bits per heavy atom. The Labute approximate surface area is 139 Å². The summed E-state index contributed by atoms with van der Waals surface area (Å²) in [4.78, 5) is 12.9. The molecule has 3 heteroatoms. The summed E-state index contributed by atoms with van der Waals surface area (Å²) in [6.45, 7) is 0. The van der Waals surface area contributed by atoms with Gasteiger partial charge in [-0.05, 0) is 17.2 Å². The summed E-state index contributed by atoms with van der Waals surface area (Å²) in [5, 5.41) is 8.92. The molecule has 2 aliphatic rings. The number of benzene rings is 3. The number of ketones is 1. The van der Waals surface area contributed by atoms with E-state index in [4.69, 9.17) is 0 Å². The van der Waals surface area contributed by atoms with Gasteiger partial charge in [0, 0.05) is 22.6 Å². The Balaban J connectivity index is 1.77. The zero-order valence-corrected chi connectivity index (χ0v) is 12.9. The maximum absolute atomic E-state index is 12.9. The predicted molar refractivity (Wildman–Crippen MR) is 91.9 cm³/mol. The monoisotopic (exact) mass is 310 g/mol. The molecule has 0 radical (unpaired) electrons. The minimum absolute atomic E-state index is 0.0162. The van der Waals surface area contributed by atoms with Gasteiger partial charge in [-0.1, -0.05) is 66.7 Å². The highest BCUT2D eigenvalue weighted by atomic mass is 16.1. The van der Waals surface area contributed by atoms with Gasteiger partial charge in [-0.25, -0.2) is 0 Å². The van der Waals surface area contributed by atoms with Gasteiger partial charge in [-0.3, -0.25) is 4.79 Å². The number of rotatable bonds is 1. The lowest BCUT2D eigenvalue weighted by molar-refractivity contribution is 0.103. The summed E-state index contributed by atoms with van der Waals surface area (Å²) in [6, 6.07) is 23.7. The van der Waals surface area contributed by atoms with Crippen molar-refractivity contribution in [1.29, 1.82) is 0 Å². The fraction of sp³-hybridized carbons (Fsp3) is 0.0952. The molecular formula is C21H14N2O. The minimum atomic E-state index is -0.0865. The predicted octanol–water partition coefficient (Wildman–Crippen LogP) is 5.20. The molecule has 3 aromatic rings. The van der Waals surface area contributed by atoms with E-state index in [1.54, 1.807) is 0 Å². The lowest BCUT2D eigenvalue weighted by atomic mass is 9.73.